The van der Waals surface area contributed by atoms with Crippen LogP contribution in [0.3, 0.4) is 0 Å². The van der Waals surface area contributed by atoms with Crippen LogP contribution in [0.2, 0.25) is 0 Å². The number of benzene rings is 3. The Kier molecular flexibility index (Phi) is 9.56. The third-order valence-corrected chi connectivity index (χ3v) is 6.22. The molecule has 0 spiro atoms. The molecule has 0 heterocycles. The highest BCUT2D eigenvalue weighted by molar-refractivity contribution is 5.54. The summed E-state index contributed by atoms with van der Waals surface area (Å²) in [5.41, 5.74) is 4.46. The van der Waals surface area contributed by atoms with Gasteiger partial charge in [-0.05, 0) is 78.3 Å². The molecular formula is C29H36O7. The monoisotopic (exact) mass is 496 g/mol. The Balaban J connectivity index is 1.84. The van der Waals surface area contributed by atoms with Crippen LogP contribution in [0.25, 0.3) is 0 Å². The van der Waals surface area contributed by atoms with E-state index in [1.165, 1.54) is 0 Å². The summed E-state index contributed by atoms with van der Waals surface area (Å²) >= 11 is 0. The van der Waals surface area contributed by atoms with Crippen molar-refractivity contribution in [3.8, 4) is 40.2 Å². The topological polar surface area (TPSA) is 64.6 Å². The van der Waals surface area contributed by atoms with Gasteiger partial charge in [0, 0.05) is 6.07 Å². The van der Waals surface area contributed by atoms with Crippen molar-refractivity contribution in [2.45, 2.75) is 25.7 Å². The minimum absolute atomic E-state index is 0.586. The molecule has 0 aliphatic heterocycles. The number of rotatable bonds is 13. The number of methoxy groups -OCH3 is 7. The number of hydrogen-bond donors (Lipinski definition) is 0. The second-order valence-electron chi connectivity index (χ2n) is 8.20. The molecule has 3 aromatic rings. The molecule has 0 atom stereocenters. The fourth-order valence-corrected chi connectivity index (χ4v) is 4.30. The van der Waals surface area contributed by atoms with E-state index in [0.717, 1.165) is 70.9 Å². The van der Waals surface area contributed by atoms with Crippen molar-refractivity contribution in [1.82, 2.24) is 0 Å². The van der Waals surface area contributed by atoms with E-state index in [-0.39, 0.29) is 0 Å². The lowest BCUT2D eigenvalue weighted by Crippen LogP contribution is -2.03. The molecule has 0 bridgehead atoms. The Morgan fingerprint density at radius 1 is 0.389 bits per heavy atom. The third-order valence-electron chi connectivity index (χ3n) is 6.22. The Labute approximate surface area is 213 Å². The summed E-state index contributed by atoms with van der Waals surface area (Å²) in [4.78, 5) is 0. The van der Waals surface area contributed by atoms with Crippen LogP contribution in [0, 0.1) is 0 Å². The number of ether oxygens (including phenoxy) is 7. The Morgan fingerprint density at radius 2 is 0.861 bits per heavy atom. The summed E-state index contributed by atoms with van der Waals surface area (Å²) in [6, 6.07) is 14.1. The van der Waals surface area contributed by atoms with Crippen molar-refractivity contribution < 1.29 is 33.2 Å². The fraction of sp³-hybridized carbons (Fsp3) is 0.379. The molecule has 7 nitrogen and oxygen atoms in total. The van der Waals surface area contributed by atoms with Crippen molar-refractivity contribution in [1.29, 1.82) is 0 Å². The second-order valence-corrected chi connectivity index (χ2v) is 8.20. The van der Waals surface area contributed by atoms with Crippen LogP contribution < -0.4 is 33.2 Å². The van der Waals surface area contributed by atoms with E-state index in [1.807, 2.05) is 30.3 Å². The van der Waals surface area contributed by atoms with E-state index >= 15 is 0 Å². The van der Waals surface area contributed by atoms with E-state index in [1.54, 1.807) is 49.8 Å². The van der Waals surface area contributed by atoms with Crippen molar-refractivity contribution in [3.05, 3.63) is 64.7 Å². The zero-order chi connectivity index (χ0) is 26.1. The zero-order valence-electron chi connectivity index (χ0n) is 22.2. The SMILES string of the molecule is COc1cc(OC)c(CCc2cc(OC)c(OC)c(OC)c2)cc1CCc1ccc(OC)c(OC)c1. The van der Waals surface area contributed by atoms with Gasteiger partial charge < -0.3 is 33.2 Å². The molecular weight excluding hydrogens is 460 g/mol. The summed E-state index contributed by atoms with van der Waals surface area (Å²) in [5.74, 6) is 4.93. The second kappa shape index (κ2) is 12.8. The molecule has 36 heavy (non-hydrogen) atoms. The lowest BCUT2D eigenvalue weighted by atomic mass is 9.97. The first-order chi connectivity index (χ1) is 17.5. The standard InChI is InChI=1S/C29H36O7/c1-30-23-13-10-19(14-26(23)33-4)8-11-21-17-22(25(32-3)18-24(21)31-2)12-9-20-15-27(34-5)29(36-7)28(16-20)35-6/h10,13-18H,8-9,11-12H2,1-7H3. The summed E-state index contributed by atoms with van der Waals surface area (Å²) < 4.78 is 38.7. The van der Waals surface area contributed by atoms with Crippen LogP contribution >= 0.6 is 0 Å². The zero-order valence-corrected chi connectivity index (χ0v) is 22.2. The number of aryl methyl sites for hydroxylation is 4. The summed E-state index contributed by atoms with van der Waals surface area (Å²) in [6.45, 7) is 0. The van der Waals surface area contributed by atoms with Crippen LogP contribution in [0.5, 0.6) is 40.2 Å². The van der Waals surface area contributed by atoms with Gasteiger partial charge in [0.25, 0.3) is 0 Å². The molecule has 0 amide bonds. The highest BCUT2D eigenvalue weighted by atomic mass is 16.5. The van der Waals surface area contributed by atoms with Gasteiger partial charge >= 0.3 is 0 Å². The van der Waals surface area contributed by atoms with Crippen molar-refractivity contribution in [3.63, 3.8) is 0 Å². The predicted octanol–water partition coefficient (Wildman–Crippen LogP) is 5.32. The van der Waals surface area contributed by atoms with E-state index in [0.29, 0.717) is 17.2 Å². The quantitative estimate of drug-likeness (QED) is 0.317. The Hall–Kier alpha value is -3.74. The van der Waals surface area contributed by atoms with Crippen molar-refractivity contribution in [2.75, 3.05) is 49.8 Å². The Morgan fingerprint density at radius 3 is 1.33 bits per heavy atom. The van der Waals surface area contributed by atoms with Crippen LogP contribution in [-0.4, -0.2) is 49.8 Å². The van der Waals surface area contributed by atoms with Gasteiger partial charge in [-0.2, -0.15) is 0 Å². The predicted molar refractivity (Wildman–Crippen MR) is 140 cm³/mol. The first-order valence-electron chi connectivity index (χ1n) is 11.7. The van der Waals surface area contributed by atoms with E-state index in [9.17, 15) is 0 Å². The van der Waals surface area contributed by atoms with Gasteiger partial charge in [0.2, 0.25) is 5.75 Å². The molecule has 0 aromatic heterocycles. The van der Waals surface area contributed by atoms with Crippen LogP contribution in [0.1, 0.15) is 22.3 Å². The van der Waals surface area contributed by atoms with Crippen LogP contribution in [0.15, 0.2) is 42.5 Å². The average Bonchev–Trinajstić information content (AvgIpc) is 2.93. The molecule has 3 aromatic carbocycles. The highest BCUT2D eigenvalue weighted by Crippen LogP contribution is 2.39. The van der Waals surface area contributed by atoms with Gasteiger partial charge in [0.15, 0.2) is 23.0 Å². The normalized spacial score (nSPS) is 10.5. The molecule has 0 fully saturated rings. The molecule has 0 unspecified atom stereocenters. The van der Waals surface area contributed by atoms with E-state index in [4.69, 9.17) is 33.2 Å². The molecule has 0 N–H and O–H groups in total. The summed E-state index contributed by atoms with van der Waals surface area (Å²) in [5, 5.41) is 0. The first-order valence-corrected chi connectivity index (χ1v) is 11.7. The first kappa shape index (κ1) is 26.9. The minimum atomic E-state index is 0.586. The highest BCUT2D eigenvalue weighted by Gasteiger charge is 2.16. The maximum absolute atomic E-state index is 5.70. The largest absolute Gasteiger partial charge is 0.496 e. The summed E-state index contributed by atoms with van der Waals surface area (Å²) in [6.07, 6.45) is 3.18. The molecule has 194 valence electrons. The molecule has 3 rings (SSSR count). The lowest BCUT2D eigenvalue weighted by molar-refractivity contribution is 0.324. The van der Waals surface area contributed by atoms with Gasteiger partial charge in [-0.25, -0.2) is 0 Å². The molecule has 0 aliphatic carbocycles. The molecule has 0 saturated heterocycles. The van der Waals surface area contributed by atoms with Crippen molar-refractivity contribution in [2.24, 2.45) is 0 Å². The molecule has 0 saturated carbocycles. The van der Waals surface area contributed by atoms with Gasteiger partial charge in [0.1, 0.15) is 11.5 Å². The van der Waals surface area contributed by atoms with Crippen LogP contribution in [0.4, 0.5) is 0 Å². The number of hydrogen-bond acceptors (Lipinski definition) is 7. The van der Waals surface area contributed by atoms with Crippen molar-refractivity contribution >= 4 is 0 Å². The fourth-order valence-electron chi connectivity index (χ4n) is 4.30. The van der Waals surface area contributed by atoms with Gasteiger partial charge in [-0.3, -0.25) is 0 Å². The molecule has 0 radical (unpaired) electrons. The molecule has 7 heteroatoms. The van der Waals surface area contributed by atoms with Gasteiger partial charge in [-0.15, -0.1) is 0 Å². The smallest absolute Gasteiger partial charge is 0.203 e. The maximum Gasteiger partial charge on any atom is 0.203 e. The van der Waals surface area contributed by atoms with Crippen LogP contribution in [-0.2, 0) is 25.7 Å². The maximum atomic E-state index is 5.70. The van der Waals surface area contributed by atoms with E-state index < -0.39 is 0 Å². The average molecular weight is 497 g/mol. The Bertz CT molecular complexity index is 1130. The van der Waals surface area contributed by atoms with Gasteiger partial charge in [-0.1, -0.05) is 6.07 Å². The molecule has 0 aliphatic rings. The minimum Gasteiger partial charge on any atom is -0.496 e. The third kappa shape index (κ3) is 6.08. The van der Waals surface area contributed by atoms with E-state index in [2.05, 4.69) is 12.1 Å². The van der Waals surface area contributed by atoms with Gasteiger partial charge in [0.05, 0.1) is 49.8 Å². The summed E-state index contributed by atoms with van der Waals surface area (Å²) in [7, 11) is 11.5. The lowest BCUT2D eigenvalue weighted by Gasteiger charge is -2.17.